The van der Waals surface area contributed by atoms with Crippen LogP contribution in [0.3, 0.4) is 0 Å². The van der Waals surface area contributed by atoms with Gasteiger partial charge in [0.05, 0.1) is 10.4 Å². The molecule has 21 heavy (non-hydrogen) atoms. The topological polar surface area (TPSA) is 29.1 Å². The molecule has 0 aliphatic heterocycles. The van der Waals surface area contributed by atoms with Gasteiger partial charge in [-0.1, -0.05) is 6.07 Å². The van der Waals surface area contributed by atoms with Gasteiger partial charge < -0.3 is 4.72 Å². The van der Waals surface area contributed by atoms with Crippen molar-refractivity contribution in [3.05, 3.63) is 29.6 Å². The summed E-state index contributed by atoms with van der Waals surface area (Å²) >= 11 is 0. The number of nitrogens with one attached hydrogen (secondary N) is 1. The Morgan fingerprint density at radius 2 is 1.71 bits per heavy atom. The van der Waals surface area contributed by atoms with Crippen molar-refractivity contribution in [1.82, 2.24) is 0 Å². The van der Waals surface area contributed by atoms with Crippen molar-refractivity contribution in [2.24, 2.45) is 17.8 Å². The highest BCUT2D eigenvalue weighted by atomic mass is 32.2. The molecule has 0 unspecified atom stereocenters. The van der Waals surface area contributed by atoms with E-state index >= 15 is 0 Å². The molecule has 1 N–H and O–H groups in total. The van der Waals surface area contributed by atoms with Gasteiger partial charge in [-0.15, -0.1) is 0 Å². The van der Waals surface area contributed by atoms with Crippen LogP contribution in [0.25, 0.3) is 0 Å². The van der Waals surface area contributed by atoms with E-state index in [4.69, 9.17) is 0 Å². The van der Waals surface area contributed by atoms with E-state index in [0.29, 0.717) is 11.3 Å². The van der Waals surface area contributed by atoms with E-state index in [0.717, 1.165) is 37.0 Å². The quantitative estimate of drug-likeness (QED) is 0.892. The van der Waals surface area contributed by atoms with Crippen LogP contribution >= 0.6 is 0 Å². The van der Waals surface area contributed by atoms with Crippen LogP contribution in [-0.4, -0.2) is 8.96 Å². The lowest BCUT2D eigenvalue weighted by molar-refractivity contribution is 0.0363. The Labute approximate surface area is 128 Å². The maximum absolute atomic E-state index is 13.7. The molecule has 4 saturated carbocycles. The first-order valence-electron chi connectivity index (χ1n) is 7.99. The van der Waals surface area contributed by atoms with Crippen molar-refractivity contribution >= 4 is 16.7 Å². The molecular formula is C17H22FNOS. The third kappa shape index (κ3) is 2.23. The normalized spacial score (nSPS) is 38.5. The average Bonchev–Trinajstić information content (AvgIpc) is 2.42. The second-order valence-electron chi connectivity index (χ2n) is 7.38. The smallest absolute Gasteiger partial charge is 0.128 e. The fourth-order valence-corrected chi connectivity index (χ4v) is 6.98. The van der Waals surface area contributed by atoms with Gasteiger partial charge in [0.2, 0.25) is 0 Å². The average molecular weight is 307 g/mol. The highest BCUT2D eigenvalue weighted by Crippen LogP contribution is 2.57. The van der Waals surface area contributed by atoms with Gasteiger partial charge in [0.1, 0.15) is 16.8 Å². The minimum absolute atomic E-state index is 0.0620. The van der Waals surface area contributed by atoms with Crippen molar-refractivity contribution in [2.75, 3.05) is 4.72 Å². The molecular weight excluding hydrogens is 285 g/mol. The van der Waals surface area contributed by atoms with E-state index in [2.05, 4.69) is 4.72 Å². The number of rotatable bonds is 3. The lowest BCUT2D eigenvalue weighted by Gasteiger charge is -2.55. The van der Waals surface area contributed by atoms with Gasteiger partial charge in [-0.25, -0.2) is 8.60 Å². The van der Waals surface area contributed by atoms with Crippen LogP contribution in [0.15, 0.2) is 18.2 Å². The second kappa shape index (κ2) is 4.80. The first-order chi connectivity index (χ1) is 10.1. The predicted molar refractivity (Wildman–Crippen MR) is 83.8 cm³/mol. The van der Waals surface area contributed by atoms with Crippen molar-refractivity contribution in [3.8, 4) is 0 Å². The Bertz CT molecular complexity index is 565. The standard InChI is InChI=1S/C17H22FNOS/c1-11-15(18)3-2-4-16(11)19-21(20)17-8-12-5-13(9-17)7-14(6-12)10-17/h2-4,12-14,19H,5-10H2,1H3/t12?,13?,14?,17?,21-/m1/s1. The molecule has 1 atom stereocenters. The fourth-order valence-electron chi connectivity index (χ4n) is 5.18. The molecule has 0 saturated heterocycles. The van der Waals surface area contributed by atoms with Crippen molar-refractivity contribution in [1.29, 1.82) is 0 Å². The molecule has 4 aliphatic rings. The molecule has 0 heterocycles. The summed E-state index contributed by atoms with van der Waals surface area (Å²) < 4.78 is 29.7. The maximum Gasteiger partial charge on any atom is 0.128 e. The highest BCUT2D eigenvalue weighted by molar-refractivity contribution is 7.87. The Balaban J connectivity index is 1.59. The fraction of sp³-hybridized carbons (Fsp3) is 0.647. The molecule has 0 aromatic heterocycles. The lowest BCUT2D eigenvalue weighted by atomic mass is 9.56. The Morgan fingerprint density at radius 3 is 2.29 bits per heavy atom. The Morgan fingerprint density at radius 1 is 1.14 bits per heavy atom. The zero-order chi connectivity index (χ0) is 14.6. The minimum atomic E-state index is -1.11. The van der Waals surface area contributed by atoms with E-state index < -0.39 is 11.0 Å². The molecule has 0 radical (unpaired) electrons. The third-order valence-electron chi connectivity index (χ3n) is 5.85. The van der Waals surface area contributed by atoms with Crippen LogP contribution in [0.5, 0.6) is 0 Å². The summed E-state index contributed by atoms with van der Waals surface area (Å²) in [5.41, 5.74) is 1.25. The second-order valence-corrected chi connectivity index (χ2v) is 8.99. The van der Waals surface area contributed by atoms with Gasteiger partial charge in [-0.05, 0) is 75.3 Å². The zero-order valence-corrected chi connectivity index (χ0v) is 13.2. The van der Waals surface area contributed by atoms with E-state index in [-0.39, 0.29) is 10.6 Å². The first kappa shape index (κ1) is 13.7. The summed E-state index contributed by atoms with van der Waals surface area (Å²) in [6.07, 6.45) is 7.30. The molecule has 0 spiro atoms. The molecule has 4 fully saturated rings. The van der Waals surface area contributed by atoms with E-state index in [1.807, 2.05) is 6.07 Å². The SMILES string of the molecule is Cc1c(F)cccc1N[S@](=O)C12CC3CC(CC(C3)C1)C2. The molecule has 4 heteroatoms. The Kier molecular flexibility index (Phi) is 3.14. The van der Waals surface area contributed by atoms with E-state index in [1.54, 1.807) is 13.0 Å². The van der Waals surface area contributed by atoms with Crippen LogP contribution in [0.2, 0.25) is 0 Å². The summed E-state index contributed by atoms with van der Waals surface area (Å²) in [4.78, 5) is 0. The van der Waals surface area contributed by atoms with Crippen LogP contribution in [0.1, 0.15) is 44.1 Å². The third-order valence-corrected chi connectivity index (χ3v) is 7.54. The monoisotopic (exact) mass is 307 g/mol. The van der Waals surface area contributed by atoms with Gasteiger partial charge in [0.25, 0.3) is 0 Å². The lowest BCUT2D eigenvalue weighted by Crippen LogP contribution is -2.54. The first-order valence-corrected chi connectivity index (χ1v) is 9.14. The maximum atomic E-state index is 13.7. The summed E-state index contributed by atoms with van der Waals surface area (Å²) in [6, 6.07) is 4.96. The summed E-state index contributed by atoms with van der Waals surface area (Å²) in [7, 11) is -1.11. The van der Waals surface area contributed by atoms with Crippen LogP contribution in [0, 0.1) is 30.5 Å². The van der Waals surface area contributed by atoms with Crippen LogP contribution in [0.4, 0.5) is 10.1 Å². The Hall–Kier alpha value is -0.900. The predicted octanol–water partition coefficient (Wildman–Crippen LogP) is 4.18. The van der Waals surface area contributed by atoms with Gasteiger partial charge in [-0.2, -0.15) is 0 Å². The van der Waals surface area contributed by atoms with Crippen LogP contribution in [-0.2, 0) is 11.0 Å². The summed E-state index contributed by atoms with van der Waals surface area (Å²) in [5.74, 6) is 2.09. The van der Waals surface area contributed by atoms with Crippen molar-refractivity contribution in [2.45, 2.75) is 50.2 Å². The van der Waals surface area contributed by atoms with E-state index in [1.165, 1.54) is 25.3 Å². The number of hydrogen-bond acceptors (Lipinski definition) is 1. The zero-order valence-electron chi connectivity index (χ0n) is 12.4. The molecule has 4 bridgehead atoms. The molecule has 0 amide bonds. The number of benzene rings is 1. The number of halogens is 1. The van der Waals surface area contributed by atoms with Gasteiger partial charge >= 0.3 is 0 Å². The van der Waals surface area contributed by atoms with Crippen molar-refractivity contribution in [3.63, 3.8) is 0 Å². The molecule has 4 aliphatic carbocycles. The highest BCUT2D eigenvalue weighted by Gasteiger charge is 2.54. The van der Waals surface area contributed by atoms with Gasteiger partial charge in [0.15, 0.2) is 0 Å². The van der Waals surface area contributed by atoms with Crippen LogP contribution < -0.4 is 4.72 Å². The van der Waals surface area contributed by atoms with Gasteiger partial charge in [-0.3, -0.25) is 0 Å². The molecule has 1 aromatic carbocycles. The molecule has 1 aromatic rings. The summed E-state index contributed by atoms with van der Waals surface area (Å²) in [5, 5.41) is 0. The largest absolute Gasteiger partial charge is 0.304 e. The molecule has 114 valence electrons. The van der Waals surface area contributed by atoms with E-state index in [9.17, 15) is 8.60 Å². The van der Waals surface area contributed by atoms with Gasteiger partial charge in [0, 0.05) is 5.56 Å². The van der Waals surface area contributed by atoms with Crippen molar-refractivity contribution < 1.29 is 8.60 Å². The summed E-state index contributed by atoms with van der Waals surface area (Å²) in [6.45, 7) is 1.74. The number of anilines is 1. The minimum Gasteiger partial charge on any atom is -0.304 e. The molecule has 2 nitrogen and oxygen atoms in total. The number of hydrogen-bond donors (Lipinski definition) is 1. The molecule has 5 rings (SSSR count).